The van der Waals surface area contributed by atoms with Crippen LogP contribution in [0.1, 0.15) is 33.0 Å². The van der Waals surface area contributed by atoms with Gasteiger partial charge in [-0.2, -0.15) is 0 Å². The highest BCUT2D eigenvalue weighted by Gasteiger charge is 2.22. The van der Waals surface area contributed by atoms with Crippen LogP contribution in [0, 0.1) is 0 Å². The van der Waals surface area contributed by atoms with E-state index in [0.29, 0.717) is 13.1 Å². The van der Waals surface area contributed by atoms with Gasteiger partial charge in [-0.15, -0.1) is 0 Å². The van der Waals surface area contributed by atoms with E-state index in [1.165, 1.54) is 0 Å². The van der Waals surface area contributed by atoms with E-state index < -0.39 is 5.97 Å². The van der Waals surface area contributed by atoms with Gasteiger partial charge in [-0.1, -0.05) is 5.16 Å². The van der Waals surface area contributed by atoms with Crippen molar-refractivity contribution in [3.05, 3.63) is 18.0 Å². The molecule has 1 heterocycles. The predicted octanol–water partition coefficient (Wildman–Crippen LogP) is 1.75. The van der Waals surface area contributed by atoms with Crippen LogP contribution in [0.5, 0.6) is 0 Å². The molecular formula is C11H18N2O3. The van der Waals surface area contributed by atoms with Crippen LogP contribution >= 0.6 is 0 Å². The first-order valence-electron chi connectivity index (χ1n) is 5.26. The van der Waals surface area contributed by atoms with Gasteiger partial charge in [0.15, 0.2) is 5.76 Å². The number of nitrogens with zero attached hydrogens (tertiary/aromatic N) is 2. The Balaban J connectivity index is 2.61. The number of carbonyl (C=O) groups is 1. The number of aliphatic carboxylic acids is 1. The summed E-state index contributed by atoms with van der Waals surface area (Å²) in [5.41, 5.74) is -0.0950. The molecule has 0 radical (unpaired) electrons. The molecule has 1 aromatic heterocycles. The Labute approximate surface area is 95.0 Å². The largest absolute Gasteiger partial charge is 0.481 e. The molecule has 0 aliphatic rings. The van der Waals surface area contributed by atoms with E-state index in [9.17, 15) is 4.79 Å². The smallest absolute Gasteiger partial charge is 0.304 e. The summed E-state index contributed by atoms with van der Waals surface area (Å²) in [5.74, 6) is -0.0351. The number of carboxylic acid groups (broad SMARTS) is 1. The average molecular weight is 226 g/mol. The maximum absolute atomic E-state index is 10.6. The first-order chi connectivity index (χ1) is 7.39. The van der Waals surface area contributed by atoms with Crippen LogP contribution in [-0.2, 0) is 11.3 Å². The van der Waals surface area contributed by atoms with Crippen molar-refractivity contribution < 1.29 is 14.4 Å². The van der Waals surface area contributed by atoms with Crippen molar-refractivity contribution in [2.24, 2.45) is 0 Å². The third kappa shape index (κ3) is 4.02. The fraction of sp³-hybridized carbons (Fsp3) is 0.636. The highest BCUT2D eigenvalue weighted by atomic mass is 16.5. The molecule has 0 saturated heterocycles. The summed E-state index contributed by atoms with van der Waals surface area (Å²) in [6, 6.07) is 1.79. The van der Waals surface area contributed by atoms with Crippen molar-refractivity contribution in [1.82, 2.24) is 10.1 Å². The summed E-state index contributed by atoms with van der Waals surface area (Å²) in [6.45, 7) is 7.22. The Morgan fingerprint density at radius 2 is 2.25 bits per heavy atom. The van der Waals surface area contributed by atoms with Crippen molar-refractivity contribution in [2.45, 2.75) is 39.3 Å². The molecule has 0 saturated carbocycles. The quantitative estimate of drug-likeness (QED) is 0.828. The molecule has 0 fully saturated rings. The maximum Gasteiger partial charge on any atom is 0.304 e. The summed E-state index contributed by atoms with van der Waals surface area (Å²) >= 11 is 0. The van der Waals surface area contributed by atoms with Crippen LogP contribution in [0.2, 0.25) is 0 Å². The van der Waals surface area contributed by atoms with Crippen molar-refractivity contribution >= 4 is 5.97 Å². The van der Waals surface area contributed by atoms with E-state index in [4.69, 9.17) is 9.63 Å². The molecule has 1 rings (SSSR count). The van der Waals surface area contributed by atoms with Crippen molar-refractivity contribution in [3.8, 4) is 0 Å². The minimum atomic E-state index is -0.785. The topological polar surface area (TPSA) is 66.6 Å². The Morgan fingerprint density at radius 1 is 1.56 bits per heavy atom. The molecule has 0 bridgehead atoms. The van der Waals surface area contributed by atoms with E-state index in [0.717, 1.165) is 5.76 Å². The molecule has 5 heteroatoms. The Bertz CT molecular complexity index is 327. The fourth-order valence-corrected chi connectivity index (χ4v) is 1.39. The minimum absolute atomic E-state index is 0.0950. The van der Waals surface area contributed by atoms with E-state index >= 15 is 0 Å². The van der Waals surface area contributed by atoms with Crippen LogP contribution in [0.25, 0.3) is 0 Å². The van der Waals surface area contributed by atoms with Crippen molar-refractivity contribution in [2.75, 3.05) is 6.54 Å². The standard InChI is InChI=1S/C11H18N2O3/c1-11(2,3)13(7-5-10(14)15)8-9-4-6-12-16-9/h4,6H,5,7-8H2,1-3H3,(H,14,15). The summed E-state index contributed by atoms with van der Waals surface area (Å²) in [7, 11) is 0. The van der Waals surface area contributed by atoms with Gasteiger partial charge in [-0.05, 0) is 20.8 Å². The minimum Gasteiger partial charge on any atom is -0.481 e. The molecule has 16 heavy (non-hydrogen) atoms. The van der Waals surface area contributed by atoms with Gasteiger partial charge in [-0.25, -0.2) is 0 Å². The van der Waals surface area contributed by atoms with Gasteiger partial charge in [0, 0.05) is 18.2 Å². The van der Waals surface area contributed by atoms with Gasteiger partial charge >= 0.3 is 5.97 Å². The molecule has 0 aliphatic heterocycles. The lowest BCUT2D eigenvalue weighted by Gasteiger charge is -2.34. The zero-order valence-corrected chi connectivity index (χ0v) is 9.93. The Hall–Kier alpha value is -1.36. The zero-order chi connectivity index (χ0) is 12.2. The first-order valence-corrected chi connectivity index (χ1v) is 5.26. The molecular weight excluding hydrogens is 208 g/mol. The summed E-state index contributed by atoms with van der Waals surface area (Å²) in [4.78, 5) is 12.6. The third-order valence-corrected chi connectivity index (χ3v) is 2.38. The molecule has 0 aliphatic carbocycles. The molecule has 0 amide bonds. The second kappa shape index (κ2) is 5.12. The molecule has 0 atom stereocenters. The average Bonchev–Trinajstić information content (AvgIpc) is 2.62. The number of hydrogen-bond donors (Lipinski definition) is 1. The van der Waals surface area contributed by atoms with Crippen LogP contribution in [0.3, 0.4) is 0 Å². The van der Waals surface area contributed by atoms with Crippen molar-refractivity contribution in [3.63, 3.8) is 0 Å². The van der Waals surface area contributed by atoms with Gasteiger partial charge in [0.2, 0.25) is 0 Å². The lowest BCUT2D eigenvalue weighted by molar-refractivity contribution is -0.137. The van der Waals surface area contributed by atoms with Gasteiger partial charge in [0.1, 0.15) is 0 Å². The van der Waals surface area contributed by atoms with E-state index in [1.54, 1.807) is 12.3 Å². The molecule has 90 valence electrons. The molecule has 0 aromatic carbocycles. The summed E-state index contributed by atoms with van der Waals surface area (Å²) in [5, 5.41) is 12.3. The van der Waals surface area contributed by atoms with E-state index in [-0.39, 0.29) is 12.0 Å². The van der Waals surface area contributed by atoms with E-state index in [1.807, 2.05) is 20.8 Å². The van der Waals surface area contributed by atoms with Gasteiger partial charge in [0.25, 0.3) is 0 Å². The fourth-order valence-electron chi connectivity index (χ4n) is 1.39. The van der Waals surface area contributed by atoms with Crippen LogP contribution < -0.4 is 0 Å². The normalized spacial score (nSPS) is 12.0. The van der Waals surface area contributed by atoms with Gasteiger partial charge in [0.05, 0.1) is 19.2 Å². The van der Waals surface area contributed by atoms with Crippen molar-refractivity contribution in [1.29, 1.82) is 0 Å². The van der Waals surface area contributed by atoms with Gasteiger partial charge in [-0.3, -0.25) is 9.69 Å². The maximum atomic E-state index is 10.6. The Morgan fingerprint density at radius 3 is 2.69 bits per heavy atom. The van der Waals surface area contributed by atoms with Crippen LogP contribution in [0.4, 0.5) is 0 Å². The number of hydrogen-bond acceptors (Lipinski definition) is 4. The lowest BCUT2D eigenvalue weighted by Crippen LogP contribution is -2.41. The molecule has 0 unspecified atom stereocenters. The highest BCUT2D eigenvalue weighted by Crippen LogP contribution is 2.17. The Kier molecular flexibility index (Phi) is 4.06. The highest BCUT2D eigenvalue weighted by molar-refractivity contribution is 5.66. The number of carboxylic acids is 1. The molecule has 5 nitrogen and oxygen atoms in total. The van der Waals surface area contributed by atoms with E-state index in [2.05, 4.69) is 10.1 Å². The number of aromatic nitrogens is 1. The van der Waals surface area contributed by atoms with Crippen LogP contribution in [0.15, 0.2) is 16.8 Å². The first kappa shape index (κ1) is 12.7. The van der Waals surface area contributed by atoms with Gasteiger partial charge < -0.3 is 9.63 Å². The third-order valence-electron chi connectivity index (χ3n) is 2.38. The number of rotatable bonds is 5. The predicted molar refractivity (Wildman–Crippen MR) is 58.9 cm³/mol. The molecule has 1 aromatic rings. The SMILES string of the molecule is CC(C)(C)N(CCC(=O)O)Cc1ccno1. The summed E-state index contributed by atoms with van der Waals surface area (Å²) < 4.78 is 5.03. The lowest BCUT2D eigenvalue weighted by atomic mass is 10.1. The monoisotopic (exact) mass is 226 g/mol. The second-order valence-electron chi connectivity index (χ2n) is 4.71. The zero-order valence-electron chi connectivity index (χ0n) is 9.93. The molecule has 1 N–H and O–H groups in total. The second-order valence-corrected chi connectivity index (χ2v) is 4.71. The summed E-state index contributed by atoms with van der Waals surface area (Å²) in [6.07, 6.45) is 1.72. The molecule has 0 spiro atoms. The van der Waals surface area contributed by atoms with Crippen LogP contribution in [-0.4, -0.2) is 33.2 Å².